The Morgan fingerprint density at radius 2 is 1.41 bits per heavy atom. The van der Waals surface area contributed by atoms with Gasteiger partial charge in [0.15, 0.2) is 0 Å². The maximum Gasteiger partial charge on any atom is 0.251 e. The molecule has 0 aliphatic heterocycles. The highest BCUT2D eigenvalue weighted by Crippen LogP contribution is 2.18. The molecule has 0 bridgehead atoms. The second kappa shape index (κ2) is 13.5. The Hall–Kier alpha value is -4.58. The fraction of sp³-hybridized carbons (Fsp3) is 0.161. The number of anilines is 2. The number of carbonyl (C=O) groups excluding carboxylic acids is 2. The van der Waals surface area contributed by atoms with Gasteiger partial charge in [-0.3, -0.25) is 9.59 Å². The van der Waals surface area contributed by atoms with E-state index in [1.165, 1.54) is 5.56 Å². The molecule has 4 aromatic carbocycles. The zero-order valence-electron chi connectivity index (χ0n) is 20.7. The summed E-state index contributed by atoms with van der Waals surface area (Å²) in [6.45, 7) is 1.12. The lowest BCUT2D eigenvalue weighted by molar-refractivity contribution is -0.114. The lowest BCUT2D eigenvalue weighted by atomic mass is 10.1. The summed E-state index contributed by atoms with van der Waals surface area (Å²) in [4.78, 5) is 25.0. The van der Waals surface area contributed by atoms with Crippen LogP contribution < -0.4 is 20.7 Å². The molecule has 2 amide bonds. The fourth-order valence-electron chi connectivity index (χ4n) is 3.81. The molecule has 6 nitrogen and oxygen atoms in total. The molecule has 0 fully saturated rings. The number of ether oxygens (including phenoxy) is 1. The molecule has 0 saturated heterocycles. The smallest absolute Gasteiger partial charge is 0.251 e. The lowest BCUT2D eigenvalue weighted by Gasteiger charge is -2.11. The number of hydrogen-bond donors (Lipinski definition) is 3. The molecule has 4 rings (SSSR count). The minimum atomic E-state index is -0.194. The summed E-state index contributed by atoms with van der Waals surface area (Å²) in [5.74, 6) is 0.353. The van der Waals surface area contributed by atoms with E-state index in [2.05, 4.69) is 28.1 Å². The molecule has 6 heteroatoms. The average Bonchev–Trinajstić information content (AvgIpc) is 2.94. The summed E-state index contributed by atoms with van der Waals surface area (Å²) in [6.07, 6.45) is 1.87. The fourth-order valence-corrected chi connectivity index (χ4v) is 3.81. The standard InChI is InChI=1S/C31H31N3O3/c35-30(34-28-17-8-18-29(21-28)37-19-9-14-24-10-3-1-4-11-24)23-32-27-16-7-15-26(20-27)31(36)33-22-25-12-5-2-6-13-25/h1-8,10-13,15-18,20-21,32H,9,14,19,22-23H2,(H,33,36)(H,34,35). The maximum atomic E-state index is 12.5. The van der Waals surface area contributed by atoms with E-state index in [1.54, 1.807) is 18.2 Å². The van der Waals surface area contributed by atoms with Gasteiger partial charge in [-0.15, -0.1) is 0 Å². The van der Waals surface area contributed by atoms with Crippen molar-refractivity contribution in [2.45, 2.75) is 19.4 Å². The predicted molar refractivity (Wildman–Crippen MR) is 148 cm³/mol. The van der Waals surface area contributed by atoms with E-state index in [4.69, 9.17) is 4.74 Å². The van der Waals surface area contributed by atoms with Crippen molar-refractivity contribution >= 4 is 23.2 Å². The van der Waals surface area contributed by atoms with Gasteiger partial charge in [-0.05, 0) is 54.3 Å². The molecule has 0 unspecified atom stereocenters. The summed E-state index contributed by atoms with van der Waals surface area (Å²) in [7, 11) is 0. The Bertz CT molecular complexity index is 1290. The molecule has 0 heterocycles. The van der Waals surface area contributed by atoms with Crippen LogP contribution in [0.3, 0.4) is 0 Å². The SMILES string of the molecule is O=C(CNc1cccc(C(=O)NCc2ccccc2)c1)Nc1cccc(OCCCc2ccccc2)c1. The largest absolute Gasteiger partial charge is 0.494 e. The van der Waals surface area contributed by atoms with Crippen LogP contribution in [-0.4, -0.2) is 25.0 Å². The van der Waals surface area contributed by atoms with Gasteiger partial charge < -0.3 is 20.7 Å². The number of amides is 2. The number of hydrogen-bond acceptors (Lipinski definition) is 4. The third-order valence-corrected chi connectivity index (χ3v) is 5.71. The van der Waals surface area contributed by atoms with Crippen LogP contribution in [0.15, 0.2) is 109 Å². The van der Waals surface area contributed by atoms with Gasteiger partial charge in [0.2, 0.25) is 5.91 Å². The second-order valence-corrected chi connectivity index (χ2v) is 8.62. The Morgan fingerprint density at radius 3 is 2.19 bits per heavy atom. The second-order valence-electron chi connectivity index (χ2n) is 8.62. The van der Waals surface area contributed by atoms with Crippen LogP contribution in [0.2, 0.25) is 0 Å². The molecule has 0 radical (unpaired) electrons. The zero-order chi connectivity index (χ0) is 25.7. The summed E-state index contributed by atoms with van der Waals surface area (Å²) in [5.41, 5.74) is 4.21. The minimum Gasteiger partial charge on any atom is -0.494 e. The third-order valence-electron chi connectivity index (χ3n) is 5.71. The zero-order valence-corrected chi connectivity index (χ0v) is 20.7. The molecule has 0 saturated carbocycles. The van der Waals surface area contributed by atoms with Crippen molar-refractivity contribution in [3.05, 3.63) is 126 Å². The van der Waals surface area contributed by atoms with E-state index in [9.17, 15) is 9.59 Å². The lowest BCUT2D eigenvalue weighted by Crippen LogP contribution is -2.23. The van der Waals surface area contributed by atoms with Crippen molar-refractivity contribution in [1.82, 2.24) is 5.32 Å². The summed E-state index contributed by atoms with van der Waals surface area (Å²) in [6, 6.07) is 34.5. The van der Waals surface area contributed by atoms with Crippen molar-refractivity contribution in [2.75, 3.05) is 23.8 Å². The highest BCUT2D eigenvalue weighted by Gasteiger charge is 2.08. The van der Waals surface area contributed by atoms with Crippen LogP contribution in [0.1, 0.15) is 27.9 Å². The van der Waals surface area contributed by atoms with Crippen LogP contribution in [0.5, 0.6) is 5.75 Å². The molecular weight excluding hydrogens is 462 g/mol. The summed E-state index contributed by atoms with van der Waals surface area (Å²) >= 11 is 0. The molecule has 4 aromatic rings. The van der Waals surface area contributed by atoms with Crippen LogP contribution in [-0.2, 0) is 17.8 Å². The number of aryl methyl sites for hydroxylation is 1. The van der Waals surface area contributed by atoms with Gasteiger partial charge in [-0.25, -0.2) is 0 Å². The minimum absolute atomic E-state index is 0.0667. The third kappa shape index (κ3) is 8.54. The van der Waals surface area contributed by atoms with E-state index in [0.29, 0.717) is 35.8 Å². The van der Waals surface area contributed by atoms with Gasteiger partial charge in [0, 0.05) is 29.5 Å². The molecule has 188 valence electrons. The summed E-state index contributed by atoms with van der Waals surface area (Å²) in [5, 5.41) is 8.88. The Labute approximate surface area is 217 Å². The van der Waals surface area contributed by atoms with E-state index >= 15 is 0 Å². The van der Waals surface area contributed by atoms with Crippen LogP contribution in [0.4, 0.5) is 11.4 Å². The molecule has 0 spiro atoms. The molecule has 3 N–H and O–H groups in total. The number of carbonyl (C=O) groups is 2. The molecule has 37 heavy (non-hydrogen) atoms. The van der Waals surface area contributed by atoms with Gasteiger partial charge >= 0.3 is 0 Å². The molecule has 0 aliphatic rings. The van der Waals surface area contributed by atoms with Crippen molar-refractivity contribution in [2.24, 2.45) is 0 Å². The topological polar surface area (TPSA) is 79.5 Å². The van der Waals surface area contributed by atoms with Crippen molar-refractivity contribution in [3.63, 3.8) is 0 Å². The van der Waals surface area contributed by atoms with Crippen LogP contribution in [0, 0.1) is 0 Å². The van der Waals surface area contributed by atoms with Crippen molar-refractivity contribution in [3.8, 4) is 5.75 Å². The van der Waals surface area contributed by atoms with Gasteiger partial charge in [-0.1, -0.05) is 72.8 Å². The molecule has 0 aliphatic carbocycles. The van der Waals surface area contributed by atoms with E-state index in [1.807, 2.05) is 78.9 Å². The number of rotatable bonds is 12. The molecule has 0 atom stereocenters. The van der Waals surface area contributed by atoms with E-state index in [-0.39, 0.29) is 18.4 Å². The quantitative estimate of drug-likeness (QED) is 0.222. The van der Waals surface area contributed by atoms with Crippen LogP contribution >= 0.6 is 0 Å². The van der Waals surface area contributed by atoms with E-state index in [0.717, 1.165) is 18.4 Å². The summed E-state index contributed by atoms with van der Waals surface area (Å²) < 4.78 is 5.86. The molecular formula is C31H31N3O3. The first-order chi connectivity index (χ1) is 18.2. The number of benzene rings is 4. The van der Waals surface area contributed by atoms with Gasteiger partial charge in [0.05, 0.1) is 13.2 Å². The number of nitrogens with one attached hydrogen (secondary N) is 3. The highest BCUT2D eigenvalue weighted by molar-refractivity contribution is 5.96. The van der Waals surface area contributed by atoms with E-state index < -0.39 is 0 Å². The Balaban J connectivity index is 1.21. The maximum absolute atomic E-state index is 12.5. The predicted octanol–water partition coefficient (Wildman–Crippen LogP) is 5.68. The van der Waals surface area contributed by atoms with Gasteiger partial charge in [0.25, 0.3) is 5.91 Å². The average molecular weight is 494 g/mol. The van der Waals surface area contributed by atoms with Crippen molar-refractivity contribution < 1.29 is 14.3 Å². The Kier molecular flexibility index (Phi) is 9.30. The van der Waals surface area contributed by atoms with Crippen LogP contribution in [0.25, 0.3) is 0 Å². The van der Waals surface area contributed by atoms with Gasteiger partial charge in [0.1, 0.15) is 5.75 Å². The first-order valence-electron chi connectivity index (χ1n) is 12.4. The normalized spacial score (nSPS) is 10.4. The monoisotopic (exact) mass is 493 g/mol. The first kappa shape index (κ1) is 25.5. The highest BCUT2D eigenvalue weighted by atomic mass is 16.5. The Morgan fingerprint density at radius 1 is 0.703 bits per heavy atom. The van der Waals surface area contributed by atoms with Crippen molar-refractivity contribution in [1.29, 1.82) is 0 Å². The molecule has 0 aromatic heterocycles. The first-order valence-corrected chi connectivity index (χ1v) is 12.4. The van der Waals surface area contributed by atoms with Gasteiger partial charge in [-0.2, -0.15) is 0 Å².